The molecule has 1 aliphatic heterocycles. The van der Waals surface area contributed by atoms with Crippen molar-refractivity contribution in [3.63, 3.8) is 0 Å². The van der Waals surface area contributed by atoms with Gasteiger partial charge in [-0.05, 0) is 31.2 Å². The van der Waals surface area contributed by atoms with Gasteiger partial charge in [-0.15, -0.1) is 10.2 Å². The second kappa shape index (κ2) is 7.51. The van der Waals surface area contributed by atoms with E-state index in [-0.39, 0.29) is 11.7 Å². The largest absolute Gasteiger partial charge is 0.361 e. The van der Waals surface area contributed by atoms with Crippen LogP contribution in [0.15, 0.2) is 36.4 Å². The molecule has 1 aromatic heterocycles. The Morgan fingerprint density at radius 2 is 1.50 bits per heavy atom. The van der Waals surface area contributed by atoms with Crippen molar-refractivity contribution in [2.24, 2.45) is 0 Å². The lowest BCUT2D eigenvalue weighted by Gasteiger charge is -2.35. The molecule has 1 saturated heterocycles. The van der Waals surface area contributed by atoms with Gasteiger partial charge < -0.3 is 14.7 Å². The van der Waals surface area contributed by atoms with Crippen LogP contribution >= 0.6 is 0 Å². The Morgan fingerprint density at radius 1 is 0.885 bits per heavy atom. The number of hydrogen-bond donors (Lipinski definition) is 0. The van der Waals surface area contributed by atoms with E-state index in [1.807, 2.05) is 36.0 Å². The predicted molar refractivity (Wildman–Crippen MR) is 101 cm³/mol. The first kappa shape index (κ1) is 17.8. The fourth-order valence-corrected chi connectivity index (χ4v) is 2.89. The molecule has 0 N–H and O–H groups in total. The first-order valence-electron chi connectivity index (χ1n) is 8.62. The number of rotatable bonds is 4. The van der Waals surface area contributed by atoms with Crippen molar-refractivity contribution in [1.82, 2.24) is 15.1 Å². The molecular weight excluding hydrogens is 330 g/mol. The number of Topliss-reactive ketones (excluding diaryl/α,β-unsaturated/α-hetero) is 1. The maximum Gasteiger partial charge on any atom is 0.253 e. The third-order valence-corrected chi connectivity index (χ3v) is 4.52. The lowest BCUT2D eigenvalue weighted by atomic mass is 10.1. The van der Waals surface area contributed by atoms with Crippen LogP contribution in [0.1, 0.15) is 27.6 Å². The first-order valence-corrected chi connectivity index (χ1v) is 8.62. The summed E-state index contributed by atoms with van der Waals surface area (Å²) in [6.45, 7) is 4.21. The van der Waals surface area contributed by atoms with Crippen LogP contribution in [-0.2, 0) is 0 Å². The van der Waals surface area contributed by atoms with Crippen molar-refractivity contribution >= 4 is 23.3 Å². The molecule has 136 valence electrons. The van der Waals surface area contributed by atoms with Gasteiger partial charge in [-0.3, -0.25) is 9.59 Å². The molecule has 0 radical (unpaired) electrons. The molecule has 7 nitrogen and oxygen atoms in total. The Hall–Kier alpha value is -2.96. The van der Waals surface area contributed by atoms with Crippen molar-refractivity contribution in [2.75, 3.05) is 50.1 Å². The molecule has 2 heterocycles. The van der Waals surface area contributed by atoms with Crippen LogP contribution in [0.2, 0.25) is 0 Å². The number of amides is 1. The molecular formula is C19H23N5O2. The van der Waals surface area contributed by atoms with Gasteiger partial charge in [0.1, 0.15) is 0 Å². The van der Waals surface area contributed by atoms with E-state index in [1.54, 1.807) is 24.3 Å². The number of nitrogens with zero attached hydrogens (tertiary/aromatic N) is 5. The molecule has 0 unspecified atom stereocenters. The number of anilines is 2. The quantitative estimate of drug-likeness (QED) is 0.780. The van der Waals surface area contributed by atoms with Crippen molar-refractivity contribution in [3.8, 4) is 0 Å². The van der Waals surface area contributed by atoms with Gasteiger partial charge in [-0.2, -0.15) is 0 Å². The monoisotopic (exact) mass is 353 g/mol. The Balaban J connectivity index is 1.60. The maximum absolute atomic E-state index is 12.6. The molecule has 1 aliphatic rings. The van der Waals surface area contributed by atoms with Gasteiger partial charge in [-0.1, -0.05) is 12.1 Å². The summed E-state index contributed by atoms with van der Waals surface area (Å²) in [6, 6.07) is 10.7. The molecule has 7 heteroatoms. The Morgan fingerprint density at radius 3 is 2.00 bits per heavy atom. The van der Waals surface area contributed by atoms with Crippen LogP contribution < -0.4 is 9.80 Å². The van der Waals surface area contributed by atoms with E-state index in [2.05, 4.69) is 15.1 Å². The second-order valence-electron chi connectivity index (χ2n) is 6.56. The van der Waals surface area contributed by atoms with Gasteiger partial charge >= 0.3 is 0 Å². The summed E-state index contributed by atoms with van der Waals surface area (Å²) in [7, 11) is 3.86. The summed E-state index contributed by atoms with van der Waals surface area (Å²) in [5.74, 6) is 1.64. The Labute approximate surface area is 153 Å². The number of piperazine rings is 1. The predicted octanol–water partition coefficient (Wildman–Crippen LogP) is 1.71. The maximum atomic E-state index is 12.6. The van der Waals surface area contributed by atoms with Crippen LogP contribution in [0.25, 0.3) is 0 Å². The van der Waals surface area contributed by atoms with E-state index in [4.69, 9.17) is 0 Å². The highest BCUT2D eigenvalue weighted by Gasteiger charge is 2.23. The zero-order valence-corrected chi connectivity index (χ0v) is 15.3. The van der Waals surface area contributed by atoms with E-state index in [0.717, 1.165) is 11.6 Å². The third kappa shape index (κ3) is 3.82. The van der Waals surface area contributed by atoms with Crippen molar-refractivity contribution in [3.05, 3.63) is 47.5 Å². The lowest BCUT2D eigenvalue weighted by molar-refractivity contribution is 0.0746. The standard InChI is InChI=1S/C19H23N5O2/c1-14(25)15-4-6-16(7-5-15)19(26)24-12-10-23(11-13-24)18-9-8-17(20-21-18)22(2)3/h4-9H,10-13H2,1-3H3. The zero-order chi connectivity index (χ0) is 18.7. The number of hydrogen-bond acceptors (Lipinski definition) is 6. The summed E-state index contributed by atoms with van der Waals surface area (Å²) < 4.78 is 0. The van der Waals surface area contributed by atoms with E-state index >= 15 is 0 Å². The van der Waals surface area contributed by atoms with Gasteiger partial charge in [0.2, 0.25) is 0 Å². The van der Waals surface area contributed by atoms with Gasteiger partial charge in [0, 0.05) is 51.4 Å². The number of carbonyl (C=O) groups is 2. The van der Waals surface area contributed by atoms with Crippen LogP contribution in [0.4, 0.5) is 11.6 Å². The van der Waals surface area contributed by atoms with Crippen molar-refractivity contribution < 1.29 is 9.59 Å². The summed E-state index contributed by atoms with van der Waals surface area (Å²) in [5.41, 5.74) is 1.23. The molecule has 1 amide bonds. The van der Waals surface area contributed by atoms with Gasteiger partial charge in [-0.25, -0.2) is 0 Å². The minimum Gasteiger partial charge on any atom is -0.361 e. The summed E-state index contributed by atoms with van der Waals surface area (Å²) >= 11 is 0. The molecule has 0 spiro atoms. The molecule has 3 rings (SSSR count). The highest BCUT2D eigenvalue weighted by atomic mass is 16.2. The highest BCUT2D eigenvalue weighted by molar-refractivity contribution is 5.97. The molecule has 0 aliphatic carbocycles. The number of benzene rings is 1. The first-order chi connectivity index (χ1) is 12.5. The lowest BCUT2D eigenvalue weighted by Crippen LogP contribution is -2.49. The summed E-state index contributed by atoms with van der Waals surface area (Å²) in [4.78, 5) is 29.9. The number of ketones is 1. The Bertz CT molecular complexity index is 779. The molecule has 1 aromatic carbocycles. The van der Waals surface area contributed by atoms with Crippen LogP contribution in [0.3, 0.4) is 0 Å². The van der Waals surface area contributed by atoms with E-state index < -0.39 is 0 Å². The minimum absolute atomic E-state index is 0.000918. The zero-order valence-electron chi connectivity index (χ0n) is 15.3. The van der Waals surface area contributed by atoms with Crippen LogP contribution in [-0.4, -0.2) is 67.1 Å². The topological polar surface area (TPSA) is 69.6 Å². The summed E-state index contributed by atoms with van der Waals surface area (Å²) in [5, 5.41) is 8.48. The van der Waals surface area contributed by atoms with Crippen LogP contribution in [0, 0.1) is 0 Å². The molecule has 0 saturated carbocycles. The van der Waals surface area contributed by atoms with Crippen molar-refractivity contribution in [1.29, 1.82) is 0 Å². The van der Waals surface area contributed by atoms with E-state index in [0.29, 0.717) is 37.3 Å². The SMILES string of the molecule is CC(=O)c1ccc(C(=O)N2CCN(c3ccc(N(C)C)nn3)CC2)cc1. The highest BCUT2D eigenvalue weighted by Crippen LogP contribution is 2.17. The normalized spacial score (nSPS) is 14.3. The number of carbonyl (C=O) groups excluding carboxylic acids is 2. The fourth-order valence-electron chi connectivity index (χ4n) is 2.89. The van der Waals surface area contributed by atoms with Gasteiger partial charge in [0.05, 0.1) is 0 Å². The molecule has 2 aromatic rings. The van der Waals surface area contributed by atoms with Gasteiger partial charge in [0.15, 0.2) is 17.4 Å². The fraction of sp³-hybridized carbons (Fsp3) is 0.368. The number of aromatic nitrogens is 2. The van der Waals surface area contributed by atoms with E-state index in [9.17, 15) is 9.59 Å². The molecule has 0 bridgehead atoms. The van der Waals surface area contributed by atoms with Crippen LogP contribution in [0.5, 0.6) is 0 Å². The smallest absolute Gasteiger partial charge is 0.253 e. The average molecular weight is 353 g/mol. The Kier molecular flexibility index (Phi) is 5.16. The molecule has 26 heavy (non-hydrogen) atoms. The molecule has 0 atom stereocenters. The summed E-state index contributed by atoms with van der Waals surface area (Å²) in [6.07, 6.45) is 0. The third-order valence-electron chi connectivity index (χ3n) is 4.52. The second-order valence-corrected chi connectivity index (χ2v) is 6.56. The van der Waals surface area contributed by atoms with Crippen molar-refractivity contribution in [2.45, 2.75) is 6.92 Å². The van der Waals surface area contributed by atoms with E-state index in [1.165, 1.54) is 6.92 Å². The van der Waals surface area contributed by atoms with Gasteiger partial charge in [0.25, 0.3) is 5.91 Å². The minimum atomic E-state index is -0.00575. The molecule has 1 fully saturated rings. The average Bonchev–Trinajstić information content (AvgIpc) is 2.67.